The maximum atomic E-state index is 2.53. The minimum Gasteiger partial charge on any atom is -0.310 e. The molecule has 9 aromatic rings. The van der Waals surface area contributed by atoms with Gasteiger partial charge in [0.2, 0.25) is 0 Å². The van der Waals surface area contributed by atoms with Gasteiger partial charge in [-0.15, -0.1) is 0 Å². The van der Waals surface area contributed by atoms with Crippen molar-refractivity contribution in [1.29, 1.82) is 0 Å². The Labute approximate surface area is 370 Å². The van der Waals surface area contributed by atoms with Crippen molar-refractivity contribution in [1.82, 2.24) is 0 Å². The third-order valence-electron chi connectivity index (χ3n) is 15.0. The number of allylic oxidation sites excluding steroid dienone is 1. The highest BCUT2D eigenvalue weighted by Gasteiger charge is 2.52. The molecule has 298 valence electrons. The van der Waals surface area contributed by atoms with E-state index in [2.05, 4.69) is 243 Å². The summed E-state index contributed by atoms with van der Waals surface area (Å²) >= 11 is 0. The van der Waals surface area contributed by atoms with E-state index in [9.17, 15) is 0 Å². The van der Waals surface area contributed by atoms with Crippen molar-refractivity contribution in [2.75, 3.05) is 4.90 Å². The molecule has 0 aromatic heterocycles. The Morgan fingerprint density at radius 1 is 0.397 bits per heavy atom. The van der Waals surface area contributed by atoms with Crippen molar-refractivity contribution in [3.05, 3.63) is 263 Å². The van der Waals surface area contributed by atoms with Crippen LogP contribution >= 0.6 is 0 Å². The molecule has 1 spiro atoms. The molecule has 13 rings (SSSR count). The molecule has 1 nitrogen and oxygen atoms in total. The van der Waals surface area contributed by atoms with E-state index in [-0.39, 0.29) is 11.3 Å². The van der Waals surface area contributed by atoms with Gasteiger partial charge in [0.05, 0.1) is 11.1 Å². The van der Waals surface area contributed by atoms with E-state index in [1.54, 1.807) is 0 Å². The lowest BCUT2D eigenvalue weighted by Gasteiger charge is -2.33. The summed E-state index contributed by atoms with van der Waals surface area (Å²) in [6.07, 6.45) is 4.85. The summed E-state index contributed by atoms with van der Waals surface area (Å²) in [6, 6.07) is 79.7. The van der Waals surface area contributed by atoms with Crippen LogP contribution in [0, 0.1) is 5.92 Å². The molecule has 0 bridgehead atoms. The van der Waals surface area contributed by atoms with E-state index < -0.39 is 5.41 Å². The lowest BCUT2D eigenvalue weighted by Crippen LogP contribution is -2.26. The minimum atomic E-state index is -0.444. The van der Waals surface area contributed by atoms with Crippen LogP contribution in [-0.4, -0.2) is 0 Å². The third-order valence-corrected chi connectivity index (χ3v) is 15.0. The quantitative estimate of drug-likeness (QED) is 0.168. The zero-order chi connectivity index (χ0) is 41.9. The van der Waals surface area contributed by atoms with Gasteiger partial charge < -0.3 is 4.90 Å². The van der Waals surface area contributed by atoms with Crippen molar-refractivity contribution in [3.8, 4) is 44.5 Å². The Morgan fingerprint density at radius 2 is 0.921 bits per heavy atom. The fourth-order valence-electron chi connectivity index (χ4n) is 12.3. The third kappa shape index (κ3) is 4.99. The molecule has 9 aromatic carbocycles. The van der Waals surface area contributed by atoms with E-state index in [4.69, 9.17) is 0 Å². The molecule has 2 unspecified atom stereocenters. The zero-order valence-electron chi connectivity index (χ0n) is 35.5. The summed E-state index contributed by atoms with van der Waals surface area (Å²) in [5.41, 5.74) is 24.2. The second-order valence-corrected chi connectivity index (χ2v) is 18.4. The van der Waals surface area contributed by atoms with Gasteiger partial charge in [-0.2, -0.15) is 0 Å². The van der Waals surface area contributed by atoms with Crippen molar-refractivity contribution in [2.45, 2.75) is 30.6 Å². The SMILES string of the molecule is CC1(C)c2cccc(-c3ccccc3N(c3ccc(-c4ccccc4)cc3)c3ccc4c(c3)C3(c5ccccc5-c5ccccc53)c3ccccc3-4)c2C2c3ccccc3C=CC21. The number of rotatable bonds is 5. The van der Waals surface area contributed by atoms with Gasteiger partial charge in [-0.3, -0.25) is 0 Å². The van der Waals surface area contributed by atoms with Gasteiger partial charge in [-0.05, 0) is 125 Å². The van der Waals surface area contributed by atoms with E-state index >= 15 is 0 Å². The van der Waals surface area contributed by atoms with Crippen LogP contribution < -0.4 is 4.90 Å². The highest BCUT2D eigenvalue weighted by Crippen LogP contribution is 2.64. The molecule has 4 aliphatic rings. The maximum absolute atomic E-state index is 2.53. The number of anilines is 3. The second kappa shape index (κ2) is 13.5. The molecule has 1 heteroatoms. The molecule has 2 atom stereocenters. The molecule has 0 fully saturated rings. The molecule has 63 heavy (non-hydrogen) atoms. The minimum absolute atomic E-state index is 0.0287. The van der Waals surface area contributed by atoms with Crippen LogP contribution in [0.25, 0.3) is 50.6 Å². The van der Waals surface area contributed by atoms with Crippen LogP contribution in [0.1, 0.15) is 64.3 Å². The summed E-state index contributed by atoms with van der Waals surface area (Å²) in [5, 5.41) is 0. The molecule has 4 aliphatic carbocycles. The Kier molecular flexibility index (Phi) is 7.76. The monoisotopic (exact) mass is 803 g/mol. The van der Waals surface area contributed by atoms with E-state index in [0.717, 1.165) is 17.1 Å². The fraction of sp³-hybridized carbons (Fsp3) is 0.0968. The van der Waals surface area contributed by atoms with Crippen molar-refractivity contribution < 1.29 is 0 Å². The first-order valence-corrected chi connectivity index (χ1v) is 22.4. The normalized spacial score (nSPS) is 17.2. The van der Waals surface area contributed by atoms with Crippen molar-refractivity contribution >= 4 is 23.1 Å². The summed E-state index contributed by atoms with van der Waals surface area (Å²) in [6.45, 7) is 4.89. The first-order valence-electron chi connectivity index (χ1n) is 22.4. The number of benzene rings is 9. The van der Waals surface area contributed by atoms with Gasteiger partial charge in [0.1, 0.15) is 0 Å². The average molecular weight is 804 g/mol. The fourth-order valence-corrected chi connectivity index (χ4v) is 12.3. The number of fused-ring (bicyclic) bond motifs is 15. The first kappa shape index (κ1) is 36.2. The highest BCUT2D eigenvalue weighted by atomic mass is 15.1. The molecule has 0 aliphatic heterocycles. The Morgan fingerprint density at radius 3 is 1.62 bits per heavy atom. The predicted molar refractivity (Wildman–Crippen MR) is 262 cm³/mol. The highest BCUT2D eigenvalue weighted by molar-refractivity contribution is 5.97. The molecule has 0 radical (unpaired) electrons. The number of nitrogens with zero attached hydrogens (tertiary/aromatic N) is 1. The van der Waals surface area contributed by atoms with Gasteiger partial charge >= 0.3 is 0 Å². The number of hydrogen-bond donors (Lipinski definition) is 0. The summed E-state index contributed by atoms with van der Waals surface area (Å²) < 4.78 is 0. The topological polar surface area (TPSA) is 3.24 Å². The van der Waals surface area contributed by atoms with Crippen LogP contribution in [0.4, 0.5) is 17.1 Å². The van der Waals surface area contributed by atoms with Crippen LogP contribution in [-0.2, 0) is 10.8 Å². The Hall–Kier alpha value is -7.48. The van der Waals surface area contributed by atoms with Gasteiger partial charge in [0.25, 0.3) is 0 Å². The molecule has 0 saturated carbocycles. The molecule has 0 saturated heterocycles. The van der Waals surface area contributed by atoms with Crippen LogP contribution in [0.2, 0.25) is 0 Å². The first-order chi connectivity index (χ1) is 31.0. The van der Waals surface area contributed by atoms with Gasteiger partial charge in [0, 0.05) is 22.9 Å². The van der Waals surface area contributed by atoms with Crippen molar-refractivity contribution in [2.24, 2.45) is 5.92 Å². The number of para-hydroxylation sites is 1. The van der Waals surface area contributed by atoms with Gasteiger partial charge in [-0.25, -0.2) is 0 Å². The molecular formula is C62H45N. The Balaban J connectivity index is 1.06. The summed E-state index contributed by atoms with van der Waals surface area (Å²) in [5.74, 6) is 0.629. The zero-order valence-corrected chi connectivity index (χ0v) is 35.5. The molecule has 0 N–H and O–H groups in total. The molecule has 0 heterocycles. The lowest BCUT2D eigenvalue weighted by molar-refractivity contribution is 0.391. The largest absolute Gasteiger partial charge is 0.310 e. The summed E-state index contributed by atoms with van der Waals surface area (Å²) in [7, 11) is 0. The Bertz CT molecular complexity index is 3270. The predicted octanol–water partition coefficient (Wildman–Crippen LogP) is 15.9. The van der Waals surface area contributed by atoms with Crippen LogP contribution in [0.5, 0.6) is 0 Å². The molecular weight excluding hydrogens is 759 g/mol. The lowest BCUT2D eigenvalue weighted by atomic mass is 9.70. The summed E-state index contributed by atoms with van der Waals surface area (Å²) in [4.78, 5) is 2.53. The maximum Gasteiger partial charge on any atom is 0.0726 e. The average Bonchev–Trinajstić information content (AvgIpc) is 3.91. The van der Waals surface area contributed by atoms with Crippen LogP contribution in [0.3, 0.4) is 0 Å². The van der Waals surface area contributed by atoms with Gasteiger partial charge in [-0.1, -0.05) is 208 Å². The second-order valence-electron chi connectivity index (χ2n) is 18.4. The van der Waals surface area contributed by atoms with E-state index in [1.165, 1.54) is 89.0 Å². The smallest absolute Gasteiger partial charge is 0.0726 e. The number of hydrogen-bond acceptors (Lipinski definition) is 1. The van der Waals surface area contributed by atoms with Crippen molar-refractivity contribution in [3.63, 3.8) is 0 Å². The standard InChI is InChI=1S/C62H45N/c1-61(2)55-29-16-25-51(60(55)59-45-20-7-6-19-42(45)33-38-56(59)61)50-24-11-15-30-58(50)63(43-34-31-41(32-35-43)40-17-4-3-5-18-40)44-36-37-49-48-23-10-14-28-54(48)62(57(49)39-44)52-26-12-8-21-46(52)47-22-9-13-27-53(47)62/h3-39,56,59H,1-2H3. The van der Waals surface area contributed by atoms with Gasteiger partial charge in [0.15, 0.2) is 0 Å². The van der Waals surface area contributed by atoms with Crippen LogP contribution in [0.15, 0.2) is 218 Å². The van der Waals surface area contributed by atoms with E-state index in [1.807, 2.05) is 0 Å². The molecule has 0 amide bonds. The van der Waals surface area contributed by atoms with E-state index in [0.29, 0.717) is 5.92 Å².